The molecule has 0 aromatic heterocycles. The molecule has 1 rings (SSSR count). The van der Waals surface area contributed by atoms with E-state index in [2.05, 4.69) is 0 Å². The first kappa shape index (κ1) is 12.9. The van der Waals surface area contributed by atoms with Crippen LogP contribution in [-0.4, -0.2) is 51.3 Å². The summed E-state index contributed by atoms with van der Waals surface area (Å²) < 4.78 is 22.3. The van der Waals surface area contributed by atoms with E-state index in [4.69, 9.17) is 18.9 Å². The molecule has 0 aromatic carbocycles. The number of rotatable bonds is 4. The van der Waals surface area contributed by atoms with Crippen LogP contribution in [0.4, 0.5) is 0 Å². The quantitative estimate of drug-likeness (QED) is 0.711. The van der Waals surface area contributed by atoms with Gasteiger partial charge in [0.15, 0.2) is 0 Å². The second-order valence-corrected chi connectivity index (χ2v) is 3.87. The summed E-state index contributed by atoms with van der Waals surface area (Å²) in [6.45, 7) is 6.63. The SMILES string of the molecule is CCOC1C(OC)[C@@H](OC)C(C)O[C@H]1C. The van der Waals surface area contributed by atoms with Crippen LogP contribution in [-0.2, 0) is 18.9 Å². The zero-order valence-corrected chi connectivity index (χ0v) is 10.2. The molecule has 0 bridgehead atoms. The van der Waals surface area contributed by atoms with Crippen molar-refractivity contribution in [2.75, 3.05) is 20.8 Å². The van der Waals surface area contributed by atoms with Crippen molar-refractivity contribution in [2.45, 2.75) is 51.3 Å². The molecule has 1 aliphatic rings. The van der Waals surface area contributed by atoms with E-state index in [-0.39, 0.29) is 30.5 Å². The van der Waals surface area contributed by atoms with E-state index < -0.39 is 0 Å². The van der Waals surface area contributed by atoms with Gasteiger partial charge in [0.2, 0.25) is 0 Å². The molecule has 0 N–H and O–H groups in total. The minimum absolute atomic E-state index is 0.0339. The predicted octanol–water partition coefficient (Wildman–Crippen LogP) is 1.23. The molecule has 1 aliphatic heterocycles. The summed E-state index contributed by atoms with van der Waals surface area (Å²) in [5.74, 6) is 0. The monoisotopic (exact) mass is 218 g/mol. The zero-order chi connectivity index (χ0) is 11.4. The van der Waals surface area contributed by atoms with Crippen molar-refractivity contribution in [1.82, 2.24) is 0 Å². The average molecular weight is 218 g/mol. The highest BCUT2D eigenvalue weighted by atomic mass is 16.6. The lowest BCUT2D eigenvalue weighted by Gasteiger charge is -2.43. The molecule has 1 saturated heterocycles. The molecule has 15 heavy (non-hydrogen) atoms. The van der Waals surface area contributed by atoms with Crippen LogP contribution in [0.5, 0.6) is 0 Å². The summed E-state index contributed by atoms with van der Waals surface area (Å²) in [6.07, 6.45) is -0.111. The van der Waals surface area contributed by atoms with Gasteiger partial charge in [0, 0.05) is 20.8 Å². The fourth-order valence-corrected chi connectivity index (χ4v) is 2.23. The third-order valence-electron chi connectivity index (χ3n) is 2.91. The number of hydrogen-bond acceptors (Lipinski definition) is 4. The lowest BCUT2D eigenvalue weighted by Crippen LogP contribution is -2.58. The second-order valence-electron chi connectivity index (χ2n) is 3.87. The van der Waals surface area contributed by atoms with Gasteiger partial charge in [0.1, 0.15) is 18.3 Å². The van der Waals surface area contributed by atoms with Crippen molar-refractivity contribution in [3.63, 3.8) is 0 Å². The smallest absolute Gasteiger partial charge is 0.114 e. The molecule has 1 fully saturated rings. The Bertz CT molecular complexity index is 185. The first-order valence-corrected chi connectivity index (χ1v) is 5.48. The van der Waals surface area contributed by atoms with E-state index in [1.165, 1.54) is 0 Å². The van der Waals surface area contributed by atoms with Crippen LogP contribution in [0, 0.1) is 0 Å². The van der Waals surface area contributed by atoms with Crippen LogP contribution in [0.15, 0.2) is 0 Å². The maximum Gasteiger partial charge on any atom is 0.114 e. The zero-order valence-electron chi connectivity index (χ0n) is 10.2. The molecule has 0 radical (unpaired) electrons. The van der Waals surface area contributed by atoms with Gasteiger partial charge in [0.05, 0.1) is 12.2 Å². The predicted molar refractivity (Wildman–Crippen MR) is 57.0 cm³/mol. The molecule has 0 spiro atoms. The van der Waals surface area contributed by atoms with Crippen molar-refractivity contribution in [3.8, 4) is 0 Å². The molecular formula is C11H22O4. The normalized spacial score (nSPS) is 41.8. The molecular weight excluding hydrogens is 196 g/mol. The van der Waals surface area contributed by atoms with E-state index >= 15 is 0 Å². The van der Waals surface area contributed by atoms with Crippen molar-refractivity contribution >= 4 is 0 Å². The third-order valence-corrected chi connectivity index (χ3v) is 2.91. The van der Waals surface area contributed by atoms with Crippen LogP contribution in [0.1, 0.15) is 20.8 Å². The van der Waals surface area contributed by atoms with Gasteiger partial charge in [-0.2, -0.15) is 0 Å². The van der Waals surface area contributed by atoms with Gasteiger partial charge in [-0.25, -0.2) is 0 Å². The Hall–Kier alpha value is -0.160. The molecule has 0 amide bonds. The van der Waals surface area contributed by atoms with Gasteiger partial charge >= 0.3 is 0 Å². The van der Waals surface area contributed by atoms with Crippen LogP contribution < -0.4 is 0 Å². The largest absolute Gasteiger partial charge is 0.376 e. The number of ether oxygens (including phenoxy) is 4. The Kier molecular flexibility index (Phi) is 4.99. The number of methoxy groups -OCH3 is 2. The molecule has 0 aromatic rings. The van der Waals surface area contributed by atoms with Gasteiger partial charge in [-0.15, -0.1) is 0 Å². The lowest BCUT2D eigenvalue weighted by atomic mass is 9.96. The maximum absolute atomic E-state index is 5.76. The van der Waals surface area contributed by atoms with Gasteiger partial charge in [-0.05, 0) is 20.8 Å². The Morgan fingerprint density at radius 1 is 0.933 bits per heavy atom. The standard InChI is InChI=1S/C11H22O4/c1-6-14-10-8(3)15-7(2)9(12-4)11(10)13-5/h7-11H,6H2,1-5H3/t7?,8-,9-,10?,11?/m0/s1. The van der Waals surface area contributed by atoms with Gasteiger partial charge in [-0.3, -0.25) is 0 Å². The topological polar surface area (TPSA) is 36.9 Å². The summed E-state index contributed by atoms with van der Waals surface area (Å²) in [7, 11) is 3.36. The molecule has 5 atom stereocenters. The first-order chi connectivity index (χ1) is 7.15. The number of hydrogen-bond donors (Lipinski definition) is 0. The fourth-order valence-electron chi connectivity index (χ4n) is 2.23. The summed E-state index contributed by atoms with van der Waals surface area (Å²) in [4.78, 5) is 0. The fraction of sp³-hybridized carbons (Fsp3) is 1.00. The molecule has 0 saturated carbocycles. The highest BCUT2D eigenvalue weighted by molar-refractivity contribution is 4.91. The third kappa shape index (κ3) is 2.69. The average Bonchev–Trinajstić information content (AvgIpc) is 2.21. The molecule has 1 heterocycles. The molecule has 0 aliphatic carbocycles. The summed E-state index contributed by atoms with van der Waals surface area (Å²) in [6, 6.07) is 0. The highest BCUT2D eigenvalue weighted by Crippen LogP contribution is 2.26. The van der Waals surface area contributed by atoms with E-state index in [9.17, 15) is 0 Å². The Morgan fingerprint density at radius 2 is 1.47 bits per heavy atom. The summed E-state index contributed by atoms with van der Waals surface area (Å²) in [5, 5.41) is 0. The minimum atomic E-state index is -0.0669. The van der Waals surface area contributed by atoms with E-state index in [1.54, 1.807) is 14.2 Å². The van der Waals surface area contributed by atoms with Crippen molar-refractivity contribution in [2.24, 2.45) is 0 Å². The molecule has 3 unspecified atom stereocenters. The van der Waals surface area contributed by atoms with E-state index in [0.29, 0.717) is 6.61 Å². The van der Waals surface area contributed by atoms with Crippen LogP contribution in [0.25, 0.3) is 0 Å². The van der Waals surface area contributed by atoms with Crippen LogP contribution in [0.2, 0.25) is 0 Å². The molecule has 4 heteroatoms. The summed E-state index contributed by atoms with van der Waals surface area (Å²) >= 11 is 0. The highest BCUT2D eigenvalue weighted by Gasteiger charge is 2.43. The molecule has 4 nitrogen and oxygen atoms in total. The van der Waals surface area contributed by atoms with Crippen LogP contribution >= 0.6 is 0 Å². The lowest BCUT2D eigenvalue weighted by molar-refractivity contribution is -0.238. The van der Waals surface area contributed by atoms with Crippen molar-refractivity contribution in [3.05, 3.63) is 0 Å². The van der Waals surface area contributed by atoms with Crippen molar-refractivity contribution in [1.29, 1.82) is 0 Å². The van der Waals surface area contributed by atoms with Crippen molar-refractivity contribution < 1.29 is 18.9 Å². The van der Waals surface area contributed by atoms with Crippen LogP contribution in [0.3, 0.4) is 0 Å². The van der Waals surface area contributed by atoms with E-state index in [0.717, 1.165) is 0 Å². The van der Waals surface area contributed by atoms with Gasteiger partial charge in [0.25, 0.3) is 0 Å². The first-order valence-electron chi connectivity index (χ1n) is 5.48. The molecule has 90 valence electrons. The van der Waals surface area contributed by atoms with Gasteiger partial charge < -0.3 is 18.9 Å². The maximum atomic E-state index is 5.76. The summed E-state index contributed by atoms with van der Waals surface area (Å²) in [5.41, 5.74) is 0. The Labute approximate surface area is 91.8 Å². The Morgan fingerprint density at radius 3 is 1.93 bits per heavy atom. The van der Waals surface area contributed by atoms with E-state index in [1.807, 2.05) is 20.8 Å². The second kappa shape index (κ2) is 5.80. The Balaban J connectivity index is 2.75. The minimum Gasteiger partial charge on any atom is -0.376 e. The van der Waals surface area contributed by atoms with Gasteiger partial charge in [-0.1, -0.05) is 0 Å².